The second-order valence-corrected chi connectivity index (χ2v) is 4.65. The van der Waals surface area contributed by atoms with Gasteiger partial charge in [0.25, 0.3) is 5.69 Å². The maximum atomic E-state index is 12.6. The molecule has 0 aromatic heterocycles. The molecule has 0 radical (unpaired) electrons. The summed E-state index contributed by atoms with van der Waals surface area (Å²) >= 11 is 0. The Kier molecular flexibility index (Phi) is 3.75. The molecule has 2 rings (SSSR count). The number of hydrogen-bond donors (Lipinski definition) is 1. The minimum Gasteiger partial charge on any atom is -0.480 e. The molecule has 1 fully saturated rings. The smallest absolute Gasteiger partial charge is 0.416 e. The zero-order chi connectivity index (χ0) is 15.8. The zero-order valence-electron chi connectivity index (χ0n) is 10.6. The minimum atomic E-state index is -4.69. The van der Waals surface area contributed by atoms with E-state index >= 15 is 0 Å². The number of aliphatic carboxylic acids is 1. The summed E-state index contributed by atoms with van der Waals surface area (Å²) in [6.07, 6.45) is -3.89. The third kappa shape index (κ3) is 2.91. The molecule has 114 valence electrons. The summed E-state index contributed by atoms with van der Waals surface area (Å²) < 4.78 is 37.8. The van der Waals surface area contributed by atoms with Gasteiger partial charge < -0.3 is 10.0 Å². The van der Waals surface area contributed by atoms with Crippen molar-refractivity contribution in [2.75, 3.05) is 11.4 Å². The minimum absolute atomic E-state index is 0.0992. The summed E-state index contributed by atoms with van der Waals surface area (Å²) in [5.41, 5.74) is -1.97. The highest BCUT2D eigenvalue weighted by molar-refractivity contribution is 5.81. The lowest BCUT2D eigenvalue weighted by Crippen LogP contribution is -2.36. The molecule has 1 saturated heterocycles. The maximum Gasteiger partial charge on any atom is 0.416 e. The van der Waals surface area contributed by atoms with E-state index in [-0.39, 0.29) is 12.2 Å². The quantitative estimate of drug-likeness (QED) is 0.685. The topological polar surface area (TPSA) is 83.7 Å². The van der Waals surface area contributed by atoms with Crippen LogP contribution in [0.25, 0.3) is 0 Å². The van der Waals surface area contributed by atoms with Gasteiger partial charge in [-0.15, -0.1) is 0 Å². The first kappa shape index (κ1) is 15.1. The van der Waals surface area contributed by atoms with Gasteiger partial charge >= 0.3 is 12.1 Å². The Bertz CT molecular complexity index is 588. The molecule has 0 spiro atoms. The van der Waals surface area contributed by atoms with Gasteiger partial charge in [0.15, 0.2) is 0 Å². The summed E-state index contributed by atoms with van der Waals surface area (Å²) in [6, 6.07) is 1.16. The largest absolute Gasteiger partial charge is 0.480 e. The van der Waals surface area contributed by atoms with Gasteiger partial charge in [-0.1, -0.05) is 0 Å². The highest BCUT2D eigenvalue weighted by Gasteiger charge is 2.37. The fourth-order valence-corrected chi connectivity index (χ4v) is 2.40. The van der Waals surface area contributed by atoms with E-state index in [4.69, 9.17) is 5.11 Å². The van der Waals surface area contributed by atoms with E-state index in [1.54, 1.807) is 0 Å². The number of carboxylic acids is 1. The standard InChI is InChI=1S/C12H11F3N2O4/c13-12(14,15)7-3-4-8(10(6-7)17(20)21)16-5-1-2-9(16)11(18)19/h3-4,6,9H,1-2,5H2,(H,18,19)/t9-/m1/s1. The Morgan fingerprint density at radius 3 is 2.62 bits per heavy atom. The normalized spacial score (nSPS) is 18.8. The monoisotopic (exact) mass is 304 g/mol. The molecule has 1 N–H and O–H groups in total. The van der Waals surface area contributed by atoms with E-state index < -0.39 is 34.4 Å². The molecular weight excluding hydrogens is 293 g/mol. The highest BCUT2D eigenvalue weighted by atomic mass is 19.4. The fraction of sp³-hybridized carbons (Fsp3) is 0.417. The van der Waals surface area contributed by atoms with Crippen molar-refractivity contribution in [2.24, 2.45) is 0 Å². The lowest BCUT2D eigenvalue weighted by Gasteiger charge is -2.23. The van der Waals surface area contributed by atoms with Crippen LogP contribution in [-0.2, 0) is 11.0 Å². The number of carboxylic acid groups (broad SMARTS) is 1. The van der Waals surface area contributed by atoms with Crippen molar-refractivity contribution in [2.45, 2.75) is 25.1 Å². The van der Waals surface area contributed by atoms with E-state index in [0.29, 0.717) is 18.9 Å². The van der Waals surface area contributed by atoms with Crippen LogP contribution in [0.15, 0.2) is 18.2 Å². The van der Waals surface area contributed by atoms with Gasteiger partial charge in [-0.05, 0) is 25.0 Å². The van der Waals surface area contributed by atoms with Crippen molar-refractivity contribution < 1.29 is 28.0 Å². The Labute approximate surface area is 116 Å². The predicted molar refractivity (Wildman–Crippen MR) is 66.1 cm³/mol. The van der Waals surface area contributed by atoms with Crippen LogP contribution in [0.5, 0.6) is 0 Å². The van der Waals surface area contributed by atoms with Gasteiger partial charge in [-0.2, -0.15) is 13.2 Å². The first-order valence-corrected chi connectivity index (χ1v) is 6.07. The Morgan fingerprint density at radius 1 is 1.43 bits per heavy atom. The number of nitro benzene ring substituents is 1. The molecule has 1 aliphatic rings. The number of benzene rings is 1. The molecular formula is C12H11F3N2O4. The second kappa shape index (κ2) is 5.23. The number of nitro groups is 1. The Balaban J connectivity index is 2.49. The lowest BCUT2D eigenvalue weighted by atomic mass is 10.1. The van der Waals surface area contributed by atoms with Crippen molar-refractivity contribution in [3.63, 3.8) is 0 Å². The summed E-state index contributed by atoms with van der Waals surface area (Å²) in [4.78, 5) is 22.4. The summed E-state index contributed by atoms with van der Waals surface area (Å²) in [5, 5.41) is 20.1. The van der Waals surface area contributed by atoms with Crippen molar-refractivity contribution in [1.82, 2.24) is 0 Å². The average Bonchev–Trinajstić information content (AvgIpc) is 2.85. The van der Waals surface area contributed by atoms with Crippen LogP contribution in [0.1, 0.15) is 18.4 Å². The van der Waals surface area contributed by atoms with Crippen LogP contribution in [0.4, 0.5) is 24.5 Å². The molecule has 9 heteroatoms. The van der Waals surface area contributed by atoms with E-state index in [1.165, 1.54) is 4.90 Å². The highest BCUT2D eigenvalue weighted by Crippen LogP contribution is 2.38. The van der Waals surface area contributed by atoms with Crippen molar-refractivity contribution in [3.05, 3.63) is 33.9 Å². The van der Waals surface area contributed by atoms with Crippen LogP contribution in [0, 0.1) is 10.1 Å². The fourth-order valence-electron chi connectivity index (χ4n) is 2.40. The number of rotatable bonds is 3. The number of carbonyl (C=O) groups is 1. The number of hydrogen-bond acceptors (Lipinski definition) is 4. The third-order valence-corrected chi connectivity index (χ3v) is 3.35. The van der Waals surface area contributed by atoms with Crippen molar-refractivity contribution in [1.29, 1.82) is 0 Å². The first-order valence-electron chi connectivity index (χ1n) is 6.07. The number of alkyl halides is 3. The summed E-state index contributed by atoms with van der Waals surface area (Å²) in [7, 11) is 0. The van der Waals surface area contributed by atoms with Gasteiger partial charge in [0.1, 0.15) is 11.7 Å². The zero-order valence-corrected chi connectivity index (χ0v) is 10.6. The van der Waals surface area contributed by atoms with Gasteiger partial charge in [0, 0.05) is 12.6 Å². The Morgan fingerprint density at radius 2 is 2.10 bits per heavy atom. The molecule has 1 atom stereocenters. The number of nitrogens with zero attached hydrogens (tertiary/aromatic N) is 2. The van der Waals surface area contributed by atoms with Crippen LogP contribution < -0.4 is 4.90 Å². The lowest BCUT2D eigenvalue weighted by molar-refractivity contribution is -0.384. The molecule has 0 unspecified atom stereocenters. The second-order valence-electron chi connectivity index (χ2n) is 4.65. The van der Waals surface area contributed by atoms with E-state index in [9.17, 15) is 28.1 Å². The third-order valence-electron chi connectivity index (χ3n) is 3.35. The Hall–Kier alpha value is -2.32. The molecule has 0 bridgehead atoms. The van der Waals surface area contributed by atoms with Crippen LogP contribution in [-0.4, -0.2) is 28.6 Å². The van der Waals surface area contributed by atoms with E-state index in [0.717, 1.165) is 12.1 Å². The molecule has 0 saturated carbocycles. The summed E-state index contributed by atoms with van der Waals surface area (Å²) in [6.45, 7) is 0.253. The van der Waals surface area contributed by atoms with Gasteiger partial charge in [-0.25, -0.2) is 4.79 Å². The SMILES string of the molecule is O=C(O)[C@H]1CCCN1c1ccc(C(F)(F)F)cc1[N+](=O)[O-]. The molecule has 6 nitrogen and oxygen atoms in total. The first-order chi connectivity index (χ1) is 9.71. The molecule has 1 aromatic rings. The van der Waals surface area contributed by atoms with Gasteiger partial charge in [0.2, 0.25) is 0 Å². The maximum absolute atomic E-state index is 12.6. The van der Waals surface area contributed by atoms with E-state index in [1.807, 2.05) is 0 Å². The van der Waals surface area contributed by atoms with Gasteiger partial charge in [-0.3, -0.25) is 10.1 Å². The molecule has 21 heavy (non-hydrogen) atoms. The summed E-state index contributed by atoms with van der Waals surface area (Å²) in [5.74, 6) is -1.15. The molecule has 0 amide bonds. The predicted octanol–water partition coefficient (Wildman–Crippen LogP) is 2.67. The van der Waals surface area contributed by atoms with Gasteiger partial charge in [0.05, 0.1) is 10.5 Å². The van der Waals surface area contributed by atoms with Crippen LogP contribution in [0.2, 0.25) is 0 Å². The van der Waals surface area contributed by atoms with E-state index in [2.05, 4.69) is 0 Å². The molecule has 1 aromatic carbocycles. The molecule has 1 heterocycles. The van der Waals surface area contributed by atoms with Crippen molar-refractivity contribution >= 4 is 17.3 Å². The van der Waals surface area contributed by atoms with Crippen LogP contribution in [0.3, 0.4) is 0 Å². The van der Waals surface area contributed by atoms with Crippen LogP contribution >= 0.6 is 0 Å². The average molecular weight is 304 g/mol. The molecule has 1 aliphatic heterocycles. The van der Waals surface area contributed by atoms with Crippen molar-refractivity contribution in [3.8, 4) is 0 Å². The number of halogens is 3. The molecule has 0 aliphatic carbocycles. The number of anilines is 1.